The summed E-state index contributed by atoms with van der Waals surface area (Å²) in [4.78, 5) is 47.4. The van der Waals surface area contributed by atoms with Crippen molar-refractivity contribution < 1.29 is 41.7 Å². The zero-order valence-corrected chi connectivity index (χ0v) is 31.2. The molecule has 3 atom stereocenters. The molecular formula is C36H42ClN5O9S. The SMILES string of the molecule is COc1ccc(S(=O)(=O)N2C(=O)C(c3ccccc3OC)(N3C[C@H](OCC(=O)N4CCNCC4)C[C@H]3C(=O)N(C)C)c3cc(Cl)ccc32)c(OC)c1. The average molecular weight is 756 g/mol. The molecule has 2 fully saturated rings. The van der Waals surface area contributed by atoms with E-state index in [1.54, 1.807) is 54.2 Å². The van der Waals surface area contributed by atoms with Crippen molar-refractivity contribution in [2.24, 2.45) is 0 Å². The molecule has 3 amide bonds. The first-order chi connectivity index (χ1) is 24.9. The predicted molar refractivity (Wildman–Crippen MR) is 192 cm³/mol. The summed E-state index contributed by atoms with van der Waals surface area (Å²) in [6.07, 6.45) is -0.569. The van der Waals surface area contributed by atoms with E-state index in [0.717, 1.165) is 4.31 Å². The average Bonchev–Trinajstić information content (AvgIpc) is 3.69. The highest BCUT2D eigenvalue weighted by atomic mass is 35.5. The Morgan fingerprint density at radius 2 is 1.65 bits per heavy atom. The Hall–Kier alpha value is -4.41. The Balaban J connectivity index is 1.54. The molecule has 6 rings (SSSR count). The first-order valence-corrected chi connectivity index (χ1v) is 18.5. The maximum atomic E-state index is 15.6. The van der Waals surface area contributed by atoms with Gasteiger partial charge in [-0.3, -0.25) is 19.3 Å². The third kappa shape index (κ3) is 6.34. The van der Waals surface area contributed by atoms with Crippen LogP contribution in [0.5, 0.6) is 17.2 Å². The van der Waals surface area contributed by atoms with Gasteiger partial charge in [-0.15, -0.1) is 0 Å². The molecule has 1 N–H and O–H groups in total. The first-order valence-electron chi connectivity index (χ1n) is 16.7. The number of nitrogens with one attached hydrogen (secondary N) is 1. The van der Waals surface area contributed by atoms with Crippen molar-refractivity contribution in [3.8, 4) is 17.2 Å². The van der Waals surface area contributed by atoms with Gasteiger partial charge in [0.05, 0.1) is 39.2 Å². The maximum absolute atomic E-state index is 15.6. The second-order valence-corrected chi connectivity index (χ2v) is 15.1. The van der Waals surface area contributed by atoms with Gasteiger partial charge < -0.3 is 34.1 Å². The van der Waals surface area contributed by atoms with Crippen molar-refractivity contribution in [1.82, 2.24) is 20.0 Å². The molecule has 1 unspecified atom stereocenters. The van der Waals surface area contributed by atoms with E-state index < -0.39 is 33.6 Å². The standard InChI is InChI=1S/C36H42ClN5O9S/c1-39(2)34(44)29-19-25(51-22-33(43)40-16-14-38-15-17-40)21-41(29)36(26-8-6-7-9-30(26)49-4)27-18-23(37)10-12-28(27)42(35(36)45)52(46,47)32-13-11-24(48-3)20-31(32)50-5/h6-13,18,20,25,29,38H,14-17,19,21-22H2,1-5H3/t25-,29+,36?/m1/s1. The Bertz CT molecular complexity index is 1970. The molecule has 3 aliphatic heterocycles. The third-order valence-corrected chi connectivity index (χ3v) is 11.7. The number of likely N-dealkylation sites (tertiary alicyclic amines) is 1. The molecule has 0 aromatic heterocycles. The number of methoxy groups -OCH3 is 3. The van der Waals surface area contributed by atoms with Crippen LogP contribution in [-0.2, 0) is 34.7 Å². The summed E-state index contributed by atoms with van der Waals surface area (Å²) >= 11 is 6.65. The van der Waals surface area contributed by atoms with Crippen molar-refractivity contribution in [3.63, 3.8) is 0 Å². The molecule has 0 bridgehead atoms. The fourth-order valence-electron chi connectivity index (χ4n) is 7.32. The van der Waals surface area contributed by atoms with Gasteiger partial charge in [-0.25, -0.2) is 12.7 Å². The Kier molecular flexibility index (Phi) is 10.7. The molecule has 278 valence electrons. The summed E-state index contributed by atoms with van der Waals surface area (Å²) in [5, 5.41) is 3.45. The molecule has 3 aromatic rings. The maximum Gasteiger partial charge on any atom is 0.274 e. The zero-order chi connectivity index (χ0) is 37.4. The smallest absolute Gasteiger partial charge is 0.274 e. The Morgan fingerprint density at radius 1 is 0.942 bits per heavy atom. The molecule has 0 radical (unpaired) electrons. The lowest BCUT2D eigenvalue weighted by Crippen LogP contribution is -2.59. The van der Waals surface area contributed by atoms with Gasteiger partial charge in [0.25, 0.3) is 15.9 Å². The summed E-state index contributed by atoms with van der Waals surface area (Å²) in [6, 6.07) is 14.5. The number of likely N-dealkylation sites (N-methyl/N-ethyl adjacent to an activating group) is 1. The lowest BCUT2D eigenvalue weighted by Gasteiger charge is -2.42. The summed E-state index contributed by atoms with van der Waals surface area (Å²) in [6.45, 7) is 2.21. The highest BCUT2D eigenvalue weighted by molar-refractivity contribution is 7.93. The molecule has 16 heteroatoms. The summed E-state index contributed by atoms with van der Waals surface area (Å²) in [7, 11) is 2.71. The fraction of sp³-hybridized carbons (Fsp3) is 0.417. The number of hydrogen-bond donors (Lipinski definition) is 1. The minimum Gasteiger partial charge on any atom is -0.497 e. The number of anilines is 1. The van der Waals surface area contributed by atoms with Crippen molar-refractivity contribution in [2.75, 3.05) is 79.1 Å². The van der Waals surface area contributed by atoms with Crippen LogP contribution < -0.4 is 23.8 Å². The van der Waals surface area contributed by atoms with E-state index in [0.29, 0.717) is 37.5 Å². The van der Waals surface area contributed by atoms with Gasteiger partial charge >= 0.3 is 0 Å². The topological polar surface area (TPSA) is 147 Å². The van der Waals surface area contributed by atoms with E-state index >= 15 is 4.79 Å². The van der Waals surface area contributed by atoms with Crippen LogP contribution in [-0.4, -0.2) is 128 Å². The number of hydrogen-bond acceptors (Lipinski definition) is 11. The number of halogens is 1. The predicted octanol–water partition coefficient (Wildman–Crippen LogP) is 2.32. The lowest BCUT2D eigenvalue weighted by atomic mass is 9.80. The van der Waals surface area contributed by atoms with Crippen LogP contribution in [0.15, 0.2) is 65.6 Å². The molecule has 2 saturated heterocycles. The lowest BCUT2D eigenvalue weighted by molar-refractivity contribution is -0.139. The number of piperazine rings is 1. The van der Waals surface area contributed by atoms with E-state index in [9.17, 15) is 18.0 Å². The number of fused-ring (bicyclic) bond motifs is 1. The van der Waals surface area contributed by atoms with Gasteiger partial charge in [0, 0.05) is 69.0 Å². The Morgan fingerprint density at radius 3 is 2.33 bits per heavy atom. The van der Waals surface area contributed by atoms with Gasteiger partial charge in [0.1, 0.15) is 28.8 Å². The summed E-state index contributed by atoms with van der Waals surface area (Å²) < 4.78 is 53.2. The highest BCUT2D eigenvalue weighted by Gasteiger charge is 2.64. The number of rotatable bonds is 11. The number of amides is 3. The quantitative estimate of drug-likeness (QED) is 0.308. The minimum atomic E-state index is -4.70. The molecular weight excluding hydrogens is 714 g/mol. The highest BCUT2D eigenvalue weighted by Crippen LogP contribution is 2.55. The normalized spacial score (nSPS) is 21.9. The van der Waals surface area contributed by atoms with E-state index in [-0.39, 0.29) is 64.1 Å². The number of para-hydroxylation sites is 1. The minimum absolute atomic E-state index is 0.0193. The number of nitrogens with zero attached hydrogens (tertiary/aromatic N) is 4. The number of benzene rings is 3. The van der Waals surface area contributed by atoms with Crippen molar-refractivity contribution in [1.29, 1.82) is 0 Å². The molecule has 14 nitrogen and oxygen atoms in total. The number of carbonyl (C=O) groups excluding carboxylic acids is 3. The van der Waals surface area contributed by atoms with E-state index in [2.05, 4.69) is 5.32 Å². The fourth-order valence-corrected chi connectivity index (χ4v) is 9.10. The summed E-state index contributed by atoms with van der Waals surface area (Å²) in [5.41, 5.74) is -1.43. The van der Waals surface area contributed by atoms with Gasteiger partial charge in [-0.2, -0.15) is 0 Å². The third-order valence-electron chi connectivity index (χ3n) is 9.78. The molecule has 3 heterocycles. The number of sulfonamides is 1. The Labute approximate surface area is 308 Å². The molecule has 0 spiro atoms. The van der Waals surface area contributed by atoms with Crippen LogP contribution in [0.1, 0.15) is 17.5 Å². The second-order valence-electron chi connectivity index (χ2n) is 12.9. The van der Waals surface area contributed by atoms with Gasteiger partial charge in [0.15, 0.2) is 5.54 Å². The van der Waals surface area contributed by atoms with Crippen molar-refractivity contribution in [2.45, 2.75) is 29.0 Å². The van der Waals surface area contributed by atoms with Gasteiger partial charge in [-0.05, 0) is 42.8 Å². The second kappa shape index (κ2) is 14.9. The van der Waals surface area contributed by atoms with Crippen LogP contribution in [0.3, 0.4) is 0 Å². The summed E-state index contributed by atoms with van der Waals surface area (Å²) in [5.74, 6) is -0.832. The largest absolute Gasteiger partial charge is 0.497 e. The van der Waals surface area contributed by atoms with E-state index in [1.807, 2.05) is 0 Å². The van der Waals surface area contributed by atoms with Crippen LogP contribution in [0.2, 0.25) is 5.02 Å². The van der Waals surface area contributed by atoms with Crippen molar-refractivity contribution in [3.05, 3.63) is 76.8 Å². The first kappa shape index (κ1) is 37.4. The van der Waals surface area contributed by atoms with E-state index in [4.69, 9.17) is 30.5 Å². The van der Waals surface area contributed by atoms with Crippen LogP contribution in [0.25, 0.3) is 0 Å². The van der Waals surface area contributed by atoms with Crippen LogP contribution in [0.4, 0.5) is 5.69 Å². The van der Waals surface area contributed by atoms with Crippen LogP contribution >= 0.6 is 11.6 Å². The van der Waals surface area contributed by atoms with Crippen LogP contribution in [0, 0.1) is 0 Å². The molecule has 0 aliphatic carbocycles. The van der Waals surface area contributed by atoms with Crippen molar-refractivity contribution >= 4 is 45.0 Å². The van der Waals surface area contributed by atoms with E-state index in [1.165, 1.54) is 56.6 Å². The number of ether oxygens (including phenoxy) is 4. The zero-order valence-electron chi connectivity index (χ0n) is 29.6. The number of carbonyl (C=O) groups is 3. The molecule has 3 aromatic carbocycles. The molecule has 0 saturated carbocycles. The molecule has 3 aliphatic rings. The van der Waals surface area contributed by atoms with Gasteiger partial charge in [0.2, 0.25) is 11.8 Å². The monoisotopic (exact) mass is 755 g/mol. The molecule has 52 heavy (non-hydrogen) atoms. The van der Waals surface area contributed by atoms with Gasteiger partial charge in [-0.1, -0.05) is 29.8 Å².